The molecule has 8 heteroatoms. The summed E-state index contributed by atoms with van der Waals surface area (Å²) in [6, 6.07) is 0. The Morgan fingerprint density at radius 3 is 2.88 bits per heavy atom. The molecule has 1 atom stereocenters. The molecule has 4 rings (SSSR count). The molecule has 0 radical (unpaired) electrons. The van der Waals surface area contributed by atoms with E-state index in [-0.39, 0.29) is 18.1 Å². The van der Waals surface area contributed by atoms with Crippen molar-refractivity contribution < 1.29 is 14.3 Å². The minimum Gasteiger partial charge on any atom is -0.371 e. The molecule has 1 aromatic rings. The molecule has 1 aromatic heterocycles. The highest BCUT2D eigenvalue weighted by Gasteiger charge is 2.53. The van der Waals surface area contributed by atoms with Crippen molar-refractivity contribution in [2.75, 3.05) is 50.9 Å². The van der Waals surface area contributed by atoms with Crippen molar-refractivity contribution >= 4 is 22.4 Å². The number of aryl methyl sites for hydroxylation is 1. The van der Waals surface area contributed by atoms with Gasteiger partial charge in [0.1, 0.15) is 17.2 Å². The second-order valence-electron chi connectivity index (χ2n) is 6.96. The first kappa shape index (κ1) is 16.2. The van der Waals surface area contributed by atoms with Gasteiger partial charge < -0.3 is 19.3 Å². The molecule has 0 aliphatic carbocycles. The Hall–Kier alpha value is -1.25. The van der Waals surface area contributed by atoms with Crippen LogP contribution in [-0.4, -0.2) is 72.6 Å². The lowest BCUT2D eigenvalue weighted by Crippen LogP contribution is -2.65. The number of hydrogen-bond acceptors (Lipinski definition) is 7. The van der Waals surface area contributed by atoms with Crippen LogP contribution in [0.25, 0.3) is 0 Å². The molecule has 7 nitrogen and oxygen atoms in total. The predicted octanol–water partition coefficient (Wildman–Crippen LogP) is 1.08. The van der Waals surface area contributed by atoms with Gasteiger partial charge in [-0.2, -0.15) is 0 Å². The Labute approximate surface area is 145 Å². The largest absolute Gasteiger partial charge is 0.371 e. The number of aromatic nitrogens is 2. The van der Waals surface area contributed by atoms with Gasteiger partial charge in [0.15, 0.2) is 0 Å². The number of amides is 1. The van der Waals surface area contributed by atoms with E-state index in [1.807, 2.05) is 11.8 Å². The second kappa shape index (κ2) is 6.57. The van der Waals surface area contributed by atoms with Gasteiger partial charge in [-0.3, -0.25) is 4.79 Å². The van der Waals surface area contributed by atoms with Crippen molar-refractivity contribution in [1.82, 2.24) is 15.1 Å². The summed E-state index contributed by atoms with van der Waals surface area (Å²) < 4.78 is 11.8. The average Bonchev–Trinajstić information content (AvgIpc) is 3.25. The van der Waals surface area contributed by atoms with Gasteiger partial charge in [0.2, 0.25) is 11.0 Å². The smallest absolute Gasteiger partial charge is 0.248 e. The molecule has 0 aromatic carbocycles. The van der Waals surface area contributed by atoms with Crippen LogP contribution in [0.5, 0.6) is 0 Å². The Morgan fingerprint density at radius 1 is 1.38 bits per heavy atom. The van der Waals surface area contributed by atoms with E-state index in [0.717, 1.165) is 62.2 Å². The molecule has 3 aliphatic heterocycles. The molecule has 24 heavy (non-hydrogen) atoms. The van der Waals surface area contributed by atoms with Crippen LogP contribution in [0.15, 0.2) is 0 Å². The molecule has 132 valence electrons. The molecular weight excluding hydrogens is 328 g/mol. The number of anilines is 1. The highest BCUT2D eigenvalue weighted by atomic mass is 32.1. The molecule has 3 aliphatic rings. The lowest BCUT2D eigenvalue weighted by atomic mass is 9.81. The highest BCUT2D eigenvalue weighted by Crippen LogP contribution is 2.42. The van der Waals surface area contributed by atoms with Crippen LogP contribution in [-0.2, 0) is 14.3 Å². The van der Waals surface area contributed by atoms with Gasteiger partial charge in [0.25, 0.3) is 0 Å². The van der Waals surface area contributed by atoms with Crippen molar-refractivity contribution in [2.45, 2.75) is 31.8 Å². The lowest BCUT2D eigenvalue weighted by Gasteiger charge is -2.49. The zero-order chi connectivity index (χ0) is 16.6. The standard InChI is InChI=1S/C16H24N4O3S/c1-12-17-18-15(24-12)20-10-16(11-20)13(4-7-23-16)8-22-9-14(21)19-5-2-3-6-19/h13H,2-11H2,1H3. The quantitative estimate of drug-likeness (QED) is 0.790. The number of carbonyl (C=O) groups excluding carboxylic acids is 1. The fraction of sp³-hybridized carbons (Fsp3) is 0.812. The van der Waals surface area contributed by atoms with E-state index in [2.05, 4.69) is 15.1 Å². The Bertz CT molecular complexity index is 596. The van der Waals surface area contributed by atoms with Gasteiger partial charge in [-0.15, -0.1) is 10.2 Å². The van der Waals surface area contributed by atoms with Crippen molar-refractivity contribution in [1.29, 1.82) is 0 Å². The maximum absolute atomic E-state index is 12.1. The molecule has 1 spiro atoms. The summed E-state index contributed by atoms with van der Waals surface area (Å²) in [5, 5.41) is 10.2. The van der Waals surface area contributed by atoms with Gasteiger partial charge in [-0.05, 0) is 26.2 Å². The predicted molar refractivity (Wildman–Crippen MR) is 90.3 cm³/mol. The minimum atomic E-state index is -0.129. The lowest BCUT2D eigenvalue weighted by molar-refractivity contribution is -0.136. The summed E-state index contributed by atoms with van der Waals surface area (Å²) in [6.07, 6.45) is 3.24. The number of rotatable bonds is 5. The van der Waals surface area contributed by atoms with Crippen molar-refractivity contribution in [3.05, 3.63) is 5.01 Å². The fourth-order valence-electron chi connectivity index (χ4n) is 3.87. The molecular formula is C16H24N4O3S. The molecule has 1 unspecified atom stereocenters. The van der Waals surface area contributed by atoms with Crippen molar-refractivity contribution in [3.63, 3.8) is 0 Å². The van der Waals surface area contributed by atoms with Gasteiger partial charge in [-0.25, -0.2) is 0 Å². The third-order valence-electron chi connectivity index (χ3n) is 5.31. The van der Waals surface area contributed by atoms with Crippen LogP contribution in [0.1, 0.15) is 24.3 Å². The number of carbonyl (C=O) groups is 1. The number of hydrogen-bond donors (Lipinski definition) is 0. The van der Waals surface area contributed by atoms with Crippen LogP contribution in [0.2, 0.25) is 0 Å². The molecule has 0 saturated carbocycles. The second-order valence-corrected chi connectivity index (χ2v) is 8.12. The molecule has 1 amide bonds. The maximum Gasteiger partial charge on any atom is 0.248 e. The molecule has 3 saturated heterocycles. The molecule has 4 heterocycles. The van der Waals surface area contributed by atoms with Gasteiger partial charge in [0.05, 0.1) is 19.7 Å². The van der Waals surface area contributed by atoms with Crippen LogP contribution >= 0.6 is 11.3 Å². The Balaban J connectivity index is 1.26. The molecule has 0 bridgehead atoms. The van der Waals surface area contributed by atoms with E-state index in [9.17, 15) is 4.79 Å². The summed E-state index contributed by atoms with van der Waals surface area (Å²) in [7, 11) is 0. The zero-order valence-electron chi connectivity index (χ0n) is 14.1. The van der Waals surface area contributed by atoms with Gasteiger partial charge in [-0.1, -0.05) is 11.3 Å². The third kappa shape index (κ3) is 3.02. The SMILES string of the molecule is Cc1nnc(N2CC3(C2)OCCC3COCC(=O)N2CCCC2)s1. The van der Waals surface area contributed by atoms with Crippen LogP contribution < -0.4 is 4.90 Å². The Kier molecular flexibility index (Phi) is 4.44. The van der Waals surface area contributed by atoms with Crippen molar-refractivity contribution in [3.8, 4) is 0 Å². The molecule has 0 N–H and O–H groups in total. The van der Waals surface area contributed by atoms with E-state index in [1.165, 1.54) is 0 Å². The first-order valence-corrected chi connectivity index (χ1v) is 9.52. The summed E-state index contributed by atoms with van der Waals surface area (Å²) >= 11 is 1.62. The number of nitrogens with zero attached hydrogens (tertiary/aromatic N) is 4. The van der Waals surface area contributed by atoms with Gasteiger partial charge in [0, 0.05) is 25.6 Å². The van der Waals surface area contributed by atoms with E-state index >= 15 is 0 Å². The summed E-state index contributed by atoms with van der Waals surface area (Å²) in [5.74, 6) is 0.481. The van der Waals surface area contributed by atoms with E-state index < -0.39 is 0 Å². The minimum absolute atomic E-state index is 0.125. The third-order valence-corrected chi connectivity index (χ3v) is 6.21. The van der Waals surface area contributed by atoms with E-state index in [0.29, 0.717) is 12.5 Å². The summed E-state index contributed by atoms with van der Waals surface area (Å²) in [4.78, 5) is 16.2. The van der Waals surface area contributed by atoms with Crippen LogP contribution in [0.3, 0.4) is 0 Å². The fourth-order valence-corrected chi connectivity index (χ4v) is 4.55. The normalized spacial score (nSPS) is 25.5. The van der Waals surface area contributed by atoms with Crippen molar-refractivity contribution in [2.24, 2.45) is 5.92 Å². The first-order chi connectivity index (χ1) is 11.7. The first-order valence-electron chi connectivity index (χ1n) is 8.71. The summed E-state index contributed by atoms with van der Waals surface area (Å²) in [6.45, 7) is 7.00. The summed E-state index contributed by atoms with van der Waals surface area (Å²) in [5.41, 5.74) is -0.129. The average molecular weight is 352 g/mol. The highest BCUT2D eigenvalue weighted by molar-refractivity contribution is 7.15. The molecule has 3 fully saturated rings. The topological polar surface area (TPSA) is 67.8 Å². The van der Waals surface area contributed by atoms with Crippen LogP contribution in [0.4, 0.5) is 5.13 Å². The Morgan fingerprint density at radius 2 is 2.17 bits per heavy atom. The van der Waals surface area contributed by atoms with Gasteiger partial charge >= 0.3 is 0 Å². The maximum atomic E-state index is 12.1. The zero-order valence-corrected chi connectivity index (χ0v) is 14.9. The monoisotopic (exact) mass is 352 g/mol. The van der Waals surface area contributed by atoms with E-state index in [1.54, 1.807) is 11.3 Å². The van der Waals surface area contributed by atoms with Crippen LogP contribution in [0, 0.1) is 12.8 Å². The van der Waals surface area contributed by atoms with E-state index in [4.69, 9.17) is 9.47 Å². The number of likely N-dealkylation sites (tertiary alicyclic amines) is 1. The number of ether oxygens (including phenoxy) is 2.